The van der Waals surface area contributed by atoms with E-state index in [1.165, 1.54) is 36.4 Å². The molecule has 1 aliphatic rings. The molecule has 0 saturated carbocycles. The maximum Gasteiger partial charge on any atom is 0.254 e. The highest BCUT2D eigenvalue weighted by Gasteiger charge is 2.29. The molecule has 0 radical (unpaired) electrons. The zero-order valence-electron chi connectivity index (χ0n) is 14.5. The Balaban J connectivity index is 1.87. The summed E-state index contributed by atoms with van der Waals surface area (Å²) in [6.45, 7) is 3.27. The molecule has 7 heteroatoms. The standard InChI is InChI=1S/C19H21FN2O3S/c1-2-26(24,25)17-8-6-14(7-9-17)19(23)22-11-10-21-13-18(22)15-4-3-5-16(20)12-15/h3-9,12,18,21H,2,10-11,13H2,1H3. The van der Waals surface area contributed by atoms with E-state index in [4.69, 9.17) is 0 Å². The van der Waals surface area contributed by atoms with E-state index in [1.807, 2.05) is 0 Å². The summed E-state index contributed by atoms with van der Waals surface area (Å²) in [7, 11) is -3.30. The topological polar surface area (TPSA) is 66.5 Å². The summed E-state index contributed by atoms with van der Waals surface area (Å²) >= 11 is 0. The van der Waals surface area contributed by atoms with E-state index < -0.39 is 9.84 Å². The first-order valence-corrected chi connectivity index (χ1v) is 10.2. The molecule has 0 bridgehead atoms. The average Bonchev–Trinajstić information content (AvgIpc) is 2.67. The summed E-state index contributed by atoms with van der Waals surface area (Å²) in [5, 5.41) is 3.23. The quantitative estimate of drug-likeness (QED) is 0.890. The fraction of sp³-hybridized carbons (Fsp3) is 0.316. The van der Waals surface area contributed by atoms with E-state index in [2.05, 4.69) is 5.32 Å². The van der Waals surface area contributed by atoms with E-state index in [-0.39, 0.29) is 28.4 Å². The van der Waals surface area contributed by atoms with Gasteiger partial charge in [0.25, 0.3) is 5.91 Å². The molecule has 1 unspecified atom stereocenters. The first kappa shape index (κ1) is 18.5. The molecule has 3 rings (SSSR count). The molecule has 0 aliphatic carbocycles. The number of nitrogens with zero attached hydrogens (tertiary/aromatic N) is 1. The van der Waals surface area contributed by atoms with Gasteiger partial charge in [-0.15, -0.1) is 0 Å². The van der Waals surface area contributed by atoms with Crippen LogP contribution in [0.2, 0.25) is 0 Å². The first-order chi connectivity index (χ1) is 12.4. The van der Waals surface area contributed by atoms with Gasteiger partial charge < -0.3 is 10.2 Å². The second-order valence-electron chi connectivity index (χ2n) is 6.20. The lowest BCUT2D eigenvalue weighted by Crippen LogP contribution is -2.48. The van der Waals surface area contributed by atoms with Gasteiger partial charge in [-0.05, 0) is 42.0 Å². The van der Waals surface area contributed by atoms with Crippen molar-refractivity contribution in [3.05, 3.63) is 65.5 Å². The van der Waals surface area contributed by atoms with Gasteiger partial charge in [-0.1, -0.05) is 19.1 Å². The zero-order valence-corrected chi connectivity index (χ0v) is 15.3. The fourth-order valence-electron chi connectivity index (χ4n) is 3.10. The number of halogens is 1. The van der Waals surface area contributed by atoms with Crippen LogP contribution in [-0.4, -0.2) is 44.6 Å². The number of nitrogens with one attached hydrogen (secondary N) is 1. The van der Waals surface area contributed by atoms with Gasteiger partial charge in [0.05, 0.1) is 16.7 Å². The van der Waals surface area contributed by atoms with Crippen LogP contribution < -0.4 is 5.32 Å². The van der Waals surface area contributed by atoms with E-state index in [0.29, 0.717) is 25.2 Å². The largest absolute Gasteiger partial charge is 0.329 e. The van der Waals surface area contributed by atoms with Crippen LogP contribution in [0.1, 0.15) is 28.9 Å². The van der Waals surface area contributed by atoms with Crippen molar-refractivity contribution >= 4 is 15.7 Å². The van der Waals surface area contributed by atoms with Crippen LogP contribution >= 0.6 is 0 Å². The minimum Gasteiger partial charge on any atom is -0.329 e. The molecule has 1 fully saturated rings. The third-order valence-electron chi connectivity index (χ3n) is 4.58. The summed E-state index contributed by atoms with van der Waals surface area (Å²) < 4.78 is 37.4. The van der Waals surface area contributed by atoms with Crippen molar-refractivity contribution in [2.75, 3.05) is 25.4 Å². The predicted molar refractivity (Wildman–Crippen MR) is 97.2 cm³/mol. The number of hydrogen-bond donors (Lipinski definition) is 1. The van der Waals surface area contributed by atoms with Crippen molar-refractivity contribution in [2.24, 2.45) is 0 Å². The predicted octanol–water partition coefficient (Wildman–Crippen LogP) is 2.41. The van der Waals surface area contributed by atoms with Gasteiger partial charge in [0.1, 0.15) is 5.82 Å². The average molecular weight is 376 g/mol. The molecule has 5 nitrogen and oxygen atoms in total. The second-order valence-corrected chi connectivity index (χ2v) is 8.48. The van der Waals surface area contributed by atoms with Crippen molar-refractivity contribution in [2.45, 2.75) is 17.9 Å². The first-order valence-electron chi connectivity index (χ1n) is 8.52. The van der Waals surface area contributed by atoms with Gasteiger partial charge in [-0.2, -0.15) is 0 Å². The highest BCUT2D eigenvalue weighted by Crippen LogP contribution is 2.25. The van der Waals surface area contributed by atoms with E-state index in [9.17, 15) is 17.6 Å². The monoisotopic (exact) mass is 376 g/mol. The van der Waals surface area contributed by atoms with Crippen molar-refractivity contribution in [1.29, 1.82) is 0 Å². The molecule has 1 amide bonds. The van der Waals surface area contributed by atoms with Crippen molar-refractivity contribution in [1.82, 2.24) is 10.2 Å². The van der Waals surface area contributed by atoms with Gasteiger partial charge in [-0.25, -0.2) is 12.8 Å². The van der Waals surface area contributed by atoms with Gasteiger partial charge in [0.15, 0.2) is 9.84 Å². The molecular weight excluding hydrogens is 355 g/mol. The molecule has 2 aromatic rings. The van der Waals surface area contributed by atoms with Crippen LogP contribution in [0, 0.1) is 5.82 Å². The number of benzene rings is 2. The molecule has 0 spiro atoms. The zero-order chi connectivity index (χ0) is 18.7. The van der Waals surface area contributed by atoms with E-state index in [1.54, 1.807) is 24.0 Å². The summed E-state index contributed by atoms with van der Waals surface area (Å²) in [5.41, 5.74) is 1.15. The van der Waals surface area contributed by atoms with Crippen LogP contribution in [0.4, 0.5) is 4.39 Å². The highest BCUT2D eigenvalue weighted by molar-refractivity contribution is 7.91. The summed E-state index contributed by atoms with van der Waals surface area (Å²) in [5.74, 6) is -0.518. The number of amides is 1. The minimum atomic E-state index is -3.30. The van der Waals surface area contributed by atoms with Gasteiger partial charge >= 0.3 is 0 Å². The number of piperazine rings is 1. The Kier molecular flexibility index (Phi) is 5.38. The Hall–Kier alpha value is -2.25. The molecular formula is C19H21FN2O3S. The van der Waals surface area contributed by atoms with Crippen molar-refractivity contribution < 1.29 is 17.6 Å². The Bertz CT molecular complexity index is 897. The number of sulfone groups is 1. The number of carbonyl (C=O) groups is 1. The maximum absolute atomic E-state index is 13.6. The third-order valence-corrected chi connectivity index (χ3v) is 6.33. The van der Waals surface area contributed by atoms with Crippen LogP contribution in [0.15, 0.2) is 53.4 Å². The van der Waals surface area contributed by atoms with Crippen LogP contribution in [0.25, 0.3) is 0 Å². The SMILES string of the molecule is CCS(=O)(=O)c1ccc(C(=O)N2CCNCC2c2cccc(F)c2)cc1. The fourth-order valence-corrected chi connectivity index (χ4v) is 3.98. The lowest BCUT2D eigenvalue weighted by Gasteiger charge is -2.36. The summed E-state index contributed by atoms with van der Waals surface area (Å²) in [6, 6.07) is 12.0. The molecule has 0 aromatic heterocycles. The molecule has 1 heterocycles. The molecule has 1 atom stereocenters. The Labute approximate surface area is 152 Å². The van der Waals surface area contributed by atoms with Crippen LogP contribution in [0.5, 0.6) is 0 Å². The second kappa shape index (κ2) is 7.55. The normalized spacial score (nSPS) is 17.9. The molecule has 138 valence electrons. The van der Waals surface area contributed by atoms with Crippen LogP contribution in [0.3, 0.4) is 0 Å². The molecule has 2 aromatic carbocycles. The highest BCUT2D eigenvalue weighted by atomic mass is 32.2. The van der Waals surface area contributed by atoms with E-state index in [0.717, 1.165) is 5.56 Å². The number of rotatable bonds is 4. The molecule has 1 N–H and O–H groups in total. The Morgan fingerprint density at radius 1 is 1.23 bits per heavy atom. The molecule has 26 heavy (non-hydrogen) atoms. The third kappa shape index (κ3) is 3.78. The van der Waals surface area contributed by atoms with Crippen LogP contribution in [-0.2, 0) is 9.84 Å². The van der Waals surface area contributed by atoms with Gasteiger partial charge in [0.2, 0.25) is 0 Å². The number of hydrogen-bond acceptors (Lipinski definition) is 4. The van der Waals surface area contributed by atoms with Gasteiger partial charge in [0, 0.05) is 25.2 Å². The summed E-state index contributed by atoms with van der Waals surface area (Å²) in [6.07, 6.45) is 0. The lowest BCUT2D eigenvalue weighted by atomic mass is 10.0. The molecule has 1 aliphatic heterocycles. The van der Waals surface area contributed by atoms with E-state index >= 15 is 0 Å². The molecule has 1 saturated heterocycles. The lowest BCUT2D eigenvalue weighted by molar-refractivity contribution is 0.0634. The van der Waals surface area contributed by atoms with Crippen molar-refractivity contribution in [3.63, 3.8) is 0 Å². The number of carbonyl (C=O) groups excluding carboxylic acids is 1. The summed E-state index contributed by atoms with van der Waals surface area (Å²) in [4.78, 5) is 14.9. The smallest absolute Gasteiger partial charge is 0.254 e. The minimum absolute atomic E-state index is 0.0136. The van der Waals surface area contributed by atoms with Crippen molar-refractivity contribution in [3.8, 4) is 0 Å². The van der Waals surface area contributed by atoms with Gasteiger partial charge in [-0.3, -0.25) is 4.79 Å². The maximum atomic E-state index is 13.6. The Morgan fingerprint density at radius 2 is 1.96 bits per heavy atom. The Morgan fingerprint density at radius 3 is 2.62 bits per heavy atom.